The molecule has 0 amide bonds. The standard InChI is InChI=1S/C20H17F3N2O4/c1-10(26)11-3-6-13(7-4-11)25-15-9-12(20(21,22)23)5-8-14(15)17(24)16(18(25)27)19(28)29-2/h3-10,26H,24H2,1-2H3/i2D3,10D. The van der Waals surface area contributed by atoms with Crippen LogP contribution in [0.1, 0.15) is 40.0 Å². The van der Waals surface area contributed by atoms with E-state index in [4.69, 9.17) is 11.2 Å². The van der Waals surface area contributed by atoms with Gasteiger partial charge in [0.15, 0.2) is 0 Å². The zero-order chi connectivity index (χ0) is 24.9. The number of pyridine rings is 1. The topological polar surface area (TPSA) is 94.6 Å². The molecule has 0 saturated heterocycles. The SMILES string of the molecule is [2H]C([2H])([2H])OC(=O)c1c(N)c2ccc(C(F)(F)F)cc2n(-c2ccc(C([2H])(C)O)cc2)c1=O. The second kappa shape index (κ2) is 7.25. The van der Waals surface area contributed by atoms with Crippen LogP contribution < -0.4 is 11.3 Å². The molecule has 0 radical (unpaired) electrons. The molecule has 3 rings (SSSR count). The third-order valence-electron chi connectivity index (χ3n) is 4.38. The molecular weight excluding hydrogens is 389 g/mol. The maximum atomic E-state index is 13.3. The predicted molar refractivity (Wildman–Crippen MR) is 101 cm³/mol. The smallest absolute Gasteiger partial charge is 0.416 e. The summed E-state index contributed by atoms with van der Waals surface area (Å²) < 4.78 is 73.9. The van der Waals surface area contributed by atoms with Gasteiger partial charge in [-0.2, -0.15) is 13.2 Å². The average molecular weight is 410 g/mol. The third-order valence-corrected chi connectivity index (χ3v) is 4.38. The lowest BCUT2D eigenvalue weighted by Gasteiger charge is -2.17. The van der Waals surface area contributed by atoms with Gasteiger partial charge in [0.2, 0.25) is 0 Å². The van der Waals surface area contributed by atoms with Crippen molar-refractivity contribution in [3.63, 3.8) is 0 Å². The van der Waals surface area contributed by atoms with Crippen molar-refractivity contribution >= 4 is 22.6 Å². The molecule has 1 unspecified atom stereocenters. The number of esters is 1. The van der Waals surface area contributed by atoms with E-state index in [1.54, 1.807) is 0 Å². The number of alkyl halides is 3. The van der Waals surface area contributed by atoms with Gasteiger partial charge in [-0.3, -0.25) is 9.36 Å². The fraction of sp³-hybridized carbons (Fsp3) is 0.200. The summed E-state index contributed by atoms with van der Waals surface area (Å²) in [4.78, 5) is 25.6. The summed E-state index contributed by atoms with van der Waals surface area (Å²) in [5.74, 6) is -1.57. The third kappa shape index (κ3) is 3.56. The van der Waals surface area contributed by atoms with Gasteiger partial charge in [-0.1, -0.05) is 18.2 Å². The van der Waals surface area contributed by atoms with Gasteiger partial charge in [-0.15, -0.1) is 0 Å². The minimum Gasteiger partial charge on any atom is -0.465 e. The lowest BCUT2D eigenvalue weighted by Crippen LogP contribution is -2.28. The summed E-state index contributed by atoms with van der Waals surface area (Å²) in [7, 11) is -3.20. The highest BCUT2D eigenvalue weighted by Crippen LogP contribution is 2.34. The normalized spacial score (nSPS) is 16.3. The van der Waals surface area contributed by atoms with Gasteiger partial charge in [0.05, 0.1) is 35.4 Å². The number of halogens is 3. The van der Waals surface area contributed by atoms with Crippen molar-refractivity contribution in [2.45, 2.75) is 19.2 Å². The number of ether oxygens (including phenoxy) is 1. The number of nitrogens with two attached hydrogens (primary N) is 1. The van der Waals surface area contributed by atoms with Crippen LogP contribution in [0.4, 0.5) is 18.9 Å². The van der Waals surface area contributed by atoms with Crippen LogP contribution in [0.3, 0.4) is 0 Å². The van der Waals surface area contributed by atoms with Crippen molar-refractivity contribution in [3.8, 4) is 5.69 Å². The number of carbonyl (C=O) groups excluding carboxylic acids is 1. The molecule has 2 aromatic carbocycles. The van der Waals surface area contributed by atoms with Gasteiger partial charge < -0.3 is 15.6 Å². The molecule has 0 saturated carbocycles. The first kappa shape index (κ1) is 15.6. The molecule has 0 spiro atoms. The Hall–Kier alpha value is -3.33. The summed E-state index contributed by atoms with van der Waals surface area (Å²) in [5, 5.41) is 9.68. The molecule has 0 aliphatic carbocycles. The molecule has 6 nitrogen and oxygen atoms in total. The van der Waals surface area contributed by atoms with Crippen LogP contribution in [-0.4, -0.2) is 22.7 Å². The van der Waals surface area contributed by atoms with E-state index in [-0.39, 0.29) is 22.2 Å². The van der Waals surface area contributed by atoms with Crippen molar-refractivity contribution in [3.05, 3.63) is 69.5 Å². The minimum atomic E-state index is -4.75. The van der Waals surface area contributed by atoms with E-state index in [2.05, 4.69) is 4.74 Å². The summed E-state index contributed by atoms with van der Waals surface area (Å²) in [6.07, 6.45) is -6.73. The number of benzene rings is 2. The maximum Gasteiger partial charge on any atom is 0.416 e. The van der Waals surface area contributed by atoms with Gasteiger partial charge in [-0.25, -0.2) is 4.79 Å². The molecule has 0 fully saturated rings. The van der Waals surface area contributed by atoms with Crippen molar-refractivity contribution in [2.75, 3.05) is 12.8 Å². The molecule has 0 aliphatic heterocycles. The molecule has 1 atom stereocenters. The van der Waals surface area contributed by atoms with E-state index in [0.29, 0.717) is 12.1 Å². The number of hydrogen-bond donors (Lipinski definition) is 2. The number of rotatable bonds is 3. The molecule has 29 heavy (non-hydrogen) atoms. The number of hydrogen-bond acceptors (Lipinski definition) is 5. The molecular formula is C20H17F3N2O4. The van der Waals surface area contributed by atoms with Crippen LogP contribution in [0.5, 0.6) is 0 Å². The van der Waals surface area contributed by atoms with E-state index in [1.807, 2.05) is 0 Å². The highest BCUT2D eigenvalue weighted by atomic mass is 19.4. The molecule has 152 valence electrons. The quantitative estimate of drug-likeness (QED) is 0.645. The zero-order valence-electron chi connectivity index (χ0n) is 18.9. The van der Waals surface area contributed by atoms with Crippen molar-refractivity contribution in [2.24, 2.45) is 0 Å². The maximum absolute atomic E-state index is 13.3. The first-order valence-corrected chi connectivity index (χ1v) is 8.13. The minimum absolute atomic E-state index is 0.0275. The Morgan fingerprint density at radius 2 is 1.93 bits per heavy atom. The number of aliphatic hydroxyl groups is 1. The monoisotopic (exact) mass is 410 g/mol. The molecule has 9 heteroatoms. The Morgan fingerprint density at radius 1 is 1.28 bits per heavy atom. The first-order valence-electron chi connectivity index (χ1n) is 10.1. The van der Waals surface area contributed by atoms with Gasteiger partial charge >= 0.3 is 12.1 Å². The summed E-state index contributed by atoms with van der Waals surface area (Å²) in [5.41, 5.74) is 1.97. The molecule has 1 heterocycles. The van der Waals surface area contributed by atoms with Crippen LogP contribution in [0.15, 0.2) is 47.3 Å². The lowest BCUT2D eigenvalue weighted by atomic mass is 10.0. The summed E-state index contributed by atoms with van der Waals surface area (Å²) in [6.45, 7) is 1.19. The highest BCUT2D eigenvalue weighted by molar-refractivity contribution is 6.04. The van der Waals surface area contributed by atoms with E-state index >= 15 is 0 Å². The van der Waals surface area contributed by atoms with E-state index in [9.17, 15) is 27.9 Å². The van der Waals surface area contributed by atoms with Crippen molar-refractivity contribution in [1.82, 2.24) is 4.57 Å². The van der Waals surface area contributed by atoms with E-state index in [1.165, 1.54) is 31.2 Å². The van der Waals surface area contributed by atoms with Crippen molar-refractivity contribution < 1.29 is 33.3 Å². The second-order valence-corrected chi connectivity index (χ2v) is 6.18. The van der Waals surface area contributed by atoms with Crippen molar-refractivity contribution in [1.29, 1.82) is 0 Å². The Balaban J connectivity index is 2.39. The number of nitrogens with zero attached hydrogens (tertiary/aromatic N) is 1. The lowest BCUT2D eigenvalue weighted by molar-refractivity contribution is -0.137. The second-order valence-electron chi connectivity index (χ2n) is 6.18. The Morgan fingerprint density at radius 3 is 2.48 bits per heavy atom. The van der Waals surface area contributed by atoms with Gasteiger partial charge in [-0.05, 0) is 36.8 Å². The average Bonchev–Trinajstić information content (AvgIpc) is 2.65. The van der Waals surface area contributed by atoms with Gasteiger partial charge in [0.1, 0.15) is 5.56 Å². The predicted octanol–water partition coefficient (Wildman–Crippen LogP) is 3.43. The molecule has 0 bridgehead atoms. The number of nitrogen functional groups attached to an aromatic ring is 1. The molecule has 3 aromatic rings. The number of anilines is 1. The fourth-order valence-electron chi connectivity index (χ4n) is 2.95. The first-order chi connectivity index (χ1) is 15.0. The Labute approximate surface area is 168 Å². The molecule has 3 N–H and O–H groups in total. The largest absolute Gasteiger partial charge is 0.465 e. The number of methoxy groups -OCH3 is 1. The Kier molecular flexibility index (Phi) is 3.89. The Bertz CT molecular complexity index is 1290. The summed E-state index contributed by atoms with van der Waals surface area (Å²) >= 11 is 0. The highest BCUT2D eigenvalue weighted by Gasteiger charge is 2.32. The number of carbonyl (C=O) groups is 1. The van der Waals surface area contributed by atoms with E-state index < -0.39 is 47.6 Å². The molecule has 1 aromatic heterocycles. The summed E-state index contributed by atoms with van der Waals surface area (Å²) in [6, 6.07) is 7.35. The van der Waals surface area contributed by atoms with Crippen LogP contribution in [0.25, 0.3) is 16.6 Å². The van der Waals surface area contributed by atoms with Crippen LogP contribution in [-0.2, 0) is 10.9 Å². The number of fused-ring (bicyclic) bond motifs is 1. The van der Waals surface area contributed by atoms with Gasteiger partial charge in [0, 0.05) is 11.1 Å². The molecule has 0 aliphatic rings. The van der Waals surface area contributed by atoms with E-state index in [0.717, 1.165) is 10.6 Å². The van der Waals surface area contributed by atoms with Gasteiger partial charge in [0.25, 0.3) is 5.56 Å². The fourth-order valence-corrected chi connectivity index (χ4v) is 2.95. The van der Waals surface area contributed by atoms with Crippen LogP contribution >= 0.6 is 0 Å². The number of aromatic nitrogens is 1. The zero-order valence-corrected chi connectivity index (χ0v) is 14.9. The van der Waals surface area contributed by atoms with Crippen LogP contribution in [0, 0.1) is 0 Å². The van der Waals surface area contributed by atoms with Crippen LogP contribution in [0.2, 0.25) is 0 Å².